The van der Waals surface area contributed by atoms with Gasteiger partial charge in [-0.05, 0) is 41.0 Å². The third-order valence-corrected chi connectivity index (χ3v) is 4.68. The fourth-order valence-corrected chi connectivity index (χ4v) is 2.96. The summed E-state index contributed by atoms with van der Waals surface area (Å²) in [4.78, 5) is 24.1. The van der Waals surface area contributed by atoms with E-state index in [1.807, 2.05) is 43.3 Å². The first-order valence-corrected chi connectivity index (χ1v) is 8.84. The lowest BCUT2D eigenvalue weighted by atomic mass is 10.0. The minimum Gasteiger partial charge on any atom is -0.387 e. The smallest absolute Gasteiger partial charge is 0.313 e. The summed E-state index contributed by atoms with van der Waals surface area (Å²) >= 11 is 6.01. The average Bonchev–Trinajstić information content (AvgIpc) is 2.68. The summed E-state index contributed by atoms with van der Waals surface area (Å²) in [5.41, 5.74) is 2.00. The van der Waals surface area contributed by atoms with Crippen LogP contribution in [0.25, 0.3) is 10.8 Å². The SMILES string of the molecule is Cc1ccc(NC(=O)C(=O)NCC(O)c2cccc3ccccc23)cc1Cl. The highest BCUT2D eigenvalue weighted by atomic mass is 35.5. The number of rotatable bonds is 4. The fourth-order valence-electron chi connectivity index (χ4n) is 2.78. The molecule has 0 saturated carbocycles. The maximum atomic E-state index is 12.0. The van der Waals surface area contributed by atoms with Crippen LogP contribution in [0.15, 0.2) is 60.7 Å². The molecule has 3 rings (SSSR count). The first-order valence-electron chi connectivity index (χ1n) is 8.47. The van der Waals surface area contributed by atoms with Gasteiger partial charge in [-0.3, -0.25) is 9.59 Å². The third kappa shape index (κ3) is 4.45. The topological polar surface area (TPSA) is 78.4 Å². The number of hydrogen-bond donors (Lipinski definition) is 3. The minimum absolute atomic E-state index is 0.0745. The quantitative estimate of drug-likeness (QED) is 0.603. The van der Waals surface area contributed by atoms with Crippen LogP contribution in [0.2, 0.25) is 5.02 Å². The van der Waals surface area contributed by atoms with E-state index in [-0.39, 0.29) is 6.54 Å². The summed E-state index contributed by atoms with van der Waals surface area (Å²) < 4.78 is 0. The summed E-state index contributed by atoms with van der Waals surface area (Å²) in [6, 6.07) is 18.2. The van der Waals surface area contributed by atoms with Crippen LogP contribution in [-0.2, 0) is 9.59 Å². The predicted octanol–water partition coefficient (Wildman–Crippen LogP) is 3.59. The van der Waals surface area contributed by atoms with Gasteiger partial charge in [-0.2, -0.15) is 0 Å². The molecule has 3 N–H and O–H groups in total. The molecule has 0 spiro atoms. The largest absolute Gasteiger partial charge is 0.387 e. The Balaban J connectivity index is 1.62. The molecule has 0 heterocycles. The summed E-state index contributed by atoms with van der Waals surface area (Å²) in [6.07, 6.45) is -0.929. The van der Waals surface area contributed by atoms with Crippen molar-refractivity contribution in [3.8, 4) is 0 Å². The van der Waals surface area contributed by atoms with Crippen molar-refractivity contribution in [1.82, 2.24) is 5.32 Å². The zero-order valence-electron chi connectivity index (χ0n) is 14.7. The molecular formula is C21H19ClN2O3. The van der Waals surface area contributed by atoms with E-state index >= 15 is 0 Å². The van der Waals surface area contributed by atoms with Crippen LogP contribution in [0.4, 0.5) is 5.69 Å². The molecule has 0 aliphatic heterocycles. The van der Waals surface area contributed by atoms with E-state index in [0.29, 0.717) is 16.3 Å². The summed E-state index contributed by atoms with van der Waals surface area (Å²) in [5, 5.41) is 17.8. The molecule has 0 aliphatic carbocycles. The van der Waals surface area contributed by atoms with Gasteiger partial charge in [0.25, 0.3) is 0 Å². The maximum Gasteiger partial charge on any atom is 0.313 e. The highest BCUT2D eigenvalue weighted by Gasteiger charge is 2.17. The fraction of sp³-hybridized carbons (Fsp3) is 0.143. The van der Waals surface area contributed by atoms with Crippen molar-refractivity contribution in [3.63, 3.8) is 0 Å². The molecule has 1 unspecified atom stereocenters. The van der Waals surface area contributed by atoms with E-state index in [9.17, 15) is 14.7 Å². The number of hydrogen-bond acceptors (Lipinski definition) is 3. The first kappa shape index (κ1) is 18.9. The van der Waals surface area contributed by atoms with Gasteiger partial charge in [0.2, 0.25) is 0 Å². The van der Waals surface area contributed by atoms with E-state index in [0.717, 1.165) is 16.3 Å². The number of aliphatic hydroxyl groups is 1. The minimum atomic E-state index is -0.929. The van der Waals surface area contributed by atoms with Crippen molar-refractivity contribution in [2.75, 3.05) is 11.9 Å². The van der Waals surface area contributed by atoms with Gasteiger partial charge < -0.3 is 15.7 Å². The van der Waals surface area contributed by atoms with Gasteiger partial charge in [-0.15, -0.1) is 0 Å². The Bertz CT molecular complexity index is 998. The molecule has 2 amide bonds. The number of fused-ring (bicyclic) bond motifs is 1. The molecule has 0 radical (unpaired) electrons. The number of aryl methyl sites for hydroxylation is 1. The lowest BCUT2D eigenvalue weighted by Crippen LogP contribution is -2.37. The van der Waals surface area contributed by atoms with Crippen molar-refractivity contribution in [3.05, 3.63) is 76.8 Å². The molecule has 0 bridgehead atoms. The number of halogens is 1. The Morgan fingerprint density at radius 2 is 1.78 bits per heavy atom. The second-order valence-electron chi connectivity index (χ2n) is 6.21. The molecule has 1 atom stereocenters. The molecule has 0 fully saturated rings. The molecule has 0 aromatic heterocycles. The molecule has 0 aliphatic rings. The molecular weight excluding hydrogens is 364 g/mol. The van der Waals surface area contributed by atoms with E-state index in [2.05, 4.69) is 10.6 Å². The summed E-state index contributed by atoms with van der Waals surface area (Å²) in [5.74, 6) is -1.65. The first-order chi connectivity index (χ1) is 13.0. The lowest BCUT2D eigenvalue weighted by molar-refractivity contribution is -0.136. The van der Waals surface area contributed by atoms with E-state index in [4.69, 9.17) is 11.6 Å². The van der Waals surface area contributed by atoms with Gasteiger partial charge in [0.15, 0.2) is 0 Å². The van der Waals surface area contributed by atoms with Gasteiger partial charge in [0.1, 0.15) is 0 Å². The van der Waals surface area contributed by atoms with Crippen molar-refractivity contribution in [1.29, 1.82) is 0 Å². The number of anilines is 1. The zero-order valence-corrected chi connectivity index (χ0v) is 15.5. The molecule has 3 aromatic carbocycles. The third-order valence-electron chi connectivity index (χ3n) is 4.27. The van der Waals surface area contributed by atoms with Crippen molar-refractivity contribution >= 4 is 39.9 Å². The van der Waals surface area contributed by atoms with E-state index in [1.165, 1.54) is 0 Å². The average molecular weight is 383 g/mol. The Morgan fingerprint density at radius 3 is 2.56 bits per heavy atom. The van der Waals surface area contributed by atoms with E-state index in [1.54, 1.807) is 24.3 Å². The molecule has 27 heavy (non-hydrogen) atoms. The summed E-state index contributed by atoms with van der Waals surface area (Å²) in [7, 11) is 0. The summed E-state index contributed by atoms with van der Waals surface area (Å²) in [6.45, 7) is 1.77. The second-order valence-corrected chi connectivity index (χ2v) is 6.62. The monoisotopic (exact) mass is 382 g/mol. The number of benzene rings is 3. The molecule has 3 aromatic rings. The second kappa shape index (κ2) is 8.20. The number of amides is 2. The number of carbonyl (C=O) groups excluding carboxylic acids is 2. The van der Waals surface area contributed by atoms with E-state index < -0.39 is 17.9 Å². The van der Waals surface area contributed by atoms with Gasteiger partial charge in [0, 0.05) is 17.3 Å². The highest BCUT2D eigenvalue weighted by molar-refractivity contribution is 6.39. The van der Waals surface area contributed by atoms with Crippen molar-refractivity contribution < 1.29 is 14.7 Å². The predicted molar refractivity (Wildman–Crippen MR) is 107 cm³/mol. The Labute approximate surface area is 162 Å². The molecule has 6 heteroatoms. The van der Waals surface area contributed by atoms with Crippen LogP contribution < -0.4 is 10.6 Å². The molecule has 138 valence electrons. The van der Waals surface area contributed by atoms with Crippen LogP contribution in [0.1, 0.15) is 17.2 Å². The van der Waals surface area contributed by atoms with Crippen LogP contribution in [0, 0.1) is 6.92 Å². The Morgan fingerprint density at radius 1 is 1.04 bits per heavy atom. The van der Waals surface area contributed by atoms with Crippen LogP contribution in [-0.4, -0.2) is 23.5 Å². The van der Waals surface area contributed by atoms with Crippen LogP contribution in [0.3, 0.4) is 0 Å². The zero-order chi connectivity index (χ0) is 19.4. The van der Waals surface area contributed by atoms with Gasteiger partial charge in [0.05, 0.1) is 6.10 Å². The lowest BCUT2D eigenvalue weighted by Gasteiger charge is -2.14. The number of nitrogens with one attached hydrogen (secondary N) is 2. The van der Waals surface area contributed by atoms with Crippen LogP contribution >= 0.6 is 11.6 Å². The van der Waals surface area contributed by atoms with Gasteiger partial charge in [-0.1, -0.05) is 60.1 Å². The van der Waals surface area contributed by atoms with Gasteiger partial charge >= 0.3 is 11.8 Å². The maximum absolute atomic E-state index is 12.0. The number of aliphatic hydroxyl groups excluding tert-OH is 1. The van der Waals surface area contributed by atoms with Crippen molar-refractivity contribution in [2.24, 2.45) is 0 Å². The normalized spacial score (nSPS) is 11.8. The highest BCUT2D eigenvalue weighted by Crippen LogP contribution is 2.24. The Hall–Kier alpha value is -2.89. The number of carbonyl (C=O) groups is 2. The van der Waals surface area contributed by atoms with Crippen LogP contribution in [0.5, 0.6) is 0 Å². The van der Waals surface area contributed by atoms with Gasteiger partial charge in [-0.25, -0.2) is 0 Å². The Kier molecular flexibility index (Phi) is 5.74. The van der Waals surface area contributed by atoms with Crippen molar-refractivity contribution in [2.45, 2.75) is 13.0 Å². The molecule has 5 nitrogen and oxygen atoms in total. The molecule has 0 saturated heterocycles. The standard InChI is InChI=1S/C21H19ClN2O3/c1-13-9-10-15(11-18(13)22)24-21(27)20(26)23-12-19(25)17-8-4-6-14-5-2-3-7-16(14)17/h2-11,19,25H,12H2,1H3,(H,23,26)(H,24,27).